The van der Waals surface area contributed by atoms with Crippen LogP contribution in [0.4, 0.5) is 5.69 Å². The highest BCUT2D eigenvalue weighted by molar-refractivity contribution is 7.99. The molecule has 0 unspecified atom stereocenters. The van der Waals surface area contributed by atoms with Gasteiger partial charge in [-0.2, -0.15) is 5.10 Å². The van der Waals surface area contributed by atoms with Crippen LogP contribution >= 0.6 is 11.8 Å². The Morgan fingerprint density at radius 1 is 1.43 bits per heavy atom. The van der Waals surface area contributed by atoms with Crippen molar-refractivity contribution in [2.45, 2.75) is 32.1 Å². The van der Waals surface area contributed by atoms with Gasteiger partial charge in [0.05, 0.1) is 10.7 Å². The molecule has 0 aliphatic carbocycles. The standard InChI is InChI=1S/C11H16N8O3S/c1-3-17-5-7(19(21)22)9(16-17)10-14-15-11(18(10)4-2)23-6-8(20)13-12/h5H,3-4,6,12H2,1-2H3,(H,13,20). The number of nitro groups is 1. The highest BCUT2D eigenvalue weighted by Crippen LogP contribution is 2.29. The van der Waals surface area contributed by atoms with Crippen LogP contribution in [0.5, 0.6) is 0 Å². The van der Waals surface area contributed by atoms with E-state index in [4.69, 9.17) is 5.84 Å². The minimum Gasteiger partial charge on any atom is -0.301 e. The summed E-state index contributed by atoms with van der Waals surface area (Å²) in [4.78, 5) is 21.9. The van der Waals surface area contributed by atoms with Crippen LogP contribution in [0.15, 0.2) is 11.4 Å². The van der Waals surface area contributed by atoms with E-state index in [1.165, 1.54) is 10.9 Å². The van der Waals surface area contributed by atoms with Crippen LogP contribution in [-0.4, -0.2) is 41.1 Å². The van der Waals surface area contributed by atoms with Crippen LogP contribution in [0, 0.1) is 10.1 Å². The lowest BCUT2D eigenvalue weighted by Crippen LogP contribution is -2.31. The van der Waals surface area contributed by atoms with Crippen molar-refractivity contribution >= 4 is 23.4 Å². The van der Waals surface area contributed by atoms with E-state index in [2.05, 4.69) is 15.3 Å². The molecule has 2 rings (SSSR count). The summed E-state index contributed by atoms with van der Waals surface area (Å²) in [5, 5.41) is 23.9. The van der Waals surface area contributed by atoms with Crippen molar-refractivity contribution in [3.8, 4) is 11.5 Å². The van der Waals surface area contributed by atoms with Gasteiger partial charge in [-0.25, -0.2) is 5.84 Å². The van der Waals surface area contributed by atoms with Crippen molar-refractivity contribution < 1.29 is 9.72 Å². The molecule has 3 N–H and O–H groups in total. The lowest BCUT2D eigenvalue weighted by Gasteiger charge is -2.05. The molecular weight excluding hydrogens is 324 g/mol. The maximum Gasteiger partial charge on any atom is 0.318 e. The number of thioether (sulfide) groups is 1. The second-order valence-corrected chi connectivity index (χ2v) is 5.32. The average Bonchev–Trinajstić information content (AvgIpc) is 3.15. The Balaban J connectivity index is 2.40. The number of carbonyl (C=O) groups excluding carboxylic acids is 1. The number of aromatic nitrogens is 5. The van der Waals surface area contributed by atoms with Crippen molar-refractivity contribution in [1.29, 1.82) is 0 Å². The molecule has 0 atom stereocenters. The fourth-order valence-electron chi connectivity index (χ4n) is 1.89. The number of nitrogens with one attached hydrogen (secondary N) is 1. The third-order valence-electron chi connectivity index (χ3n) is 3.00. The molecule has 1 amide bonds. The van der Waals surface area contributed by atoms with Crippen LogP contribution in [0.3, 0.4) is 0 Å². The molecule has 11 nitrogen and oxygen atoms in total. The normalized spacial score (nSPS) is 10.7. The maximum atomic E-state index is 11.2. The van der Waals surface area contributed by atoms with Crippen molar-refractivity contribution in [3.63, 3.8) is 0 Å². The van der Waals surface area contributed by atoms with Gasteiger partial charge in [0.25, 0.3) is 0 Å². The molecule has 0 aromatic carbocycles. The van der Waals surface area contributed by atoms with Gasteiger partial charge in [0, 0.05) is 13.1 Å². The van der Waals surface area contributed by atoms with Gasteiger partial charge >= 0.3 is 5.69 Å². The van der Waals surface area contributed by atoms with Gasteiger partial charge in [-0.05, 0) is 13.8 Å². The lowest BCUT2D eigenvalue weighted by molar-refractivity contribution is -0.384. The minimum atomic E-state index is -0.502. The number of nitrogens with two attached hydrogens (primary N) is 1. The number of nitrogens with zero attached hydrogens (tertiary/aromatic N) is 6. The Hall–Kier alpha value is -2.47. The van der Waals surface area contributed by atoms with E-state index in [-0.39, 0.29) is 23.0 Å². The van der Waals surface area contributed by atoms with Gasteiger partial charge < -0.3 is 4.57 Å². The average molecular weight is 340 g/mol. The van der Waals surface area contributed by atoms with E-state index in [0.29, 0.717) is 24.1 Å². The van der Waals surface area contributed by atoms with Crippen molar-refractivity contribution in [3.05, 3.63) is 16.3 Å². The first-order valence-corrected chi connectivity index (χ1v) is 7.78. The molecule has 0 radical (unpaired) electrons. The summed E-state index contributed by atoms with van der Waals surface area (Å²) in [5.41, 5.74) is 2.04. The van der Waals surface area contributed by atoms with E-state index in [0.717, 1.165) is 11.8 Å². The monoisotopic (exact) mass is 340 g/mol. The summed E-state index contributed by atoms with van der Waals surface area (Å²) in [5.74, 6) is 5.04. The zero-order valence-corrected chi connectivity index (χ0v) is 13.4. The summed E-state index contributed by atoms with van der Waals surface area (Å²) >= 11 is 1.14. The van der Waals surface area contributed by atoms with Gasteiger partial charge in [-0.1, -0.05) is 11.8 Å². The summed E-state index contributed by atoms with van der Waals surface area (Å²) < 4.78 is 3.14. The molecule has 0 aliphatic heterocycles. The van der Waals surface area contributed by atoms with Crippen molar-refractivity contribution in [2.24, 2.45) is 5.84 Å². The first-order valence-electron chi connectivity index (χ1n) is 6.79. The number of hydrogen-bond acceptors (Lipinski definition) is 8. The fourth-order valence-corrected chi connectivity index (χ4v) is 2.71. The summed E-state index contributed by atoms with van der Waals surface area (Å²) in [6, 6.07) is 0. The second-order valence-electron chi connectivity index (χ2n) is 4.38. The van der Waals surface area contributed by atoms with Gasteiger partial charge in [0.15, 0.2) is 11.0 Å². The van der Waals surface area contributed by atoms with Gasteiger partial charge in [-0.3, -0.25) is 25.0 Å². The molecule has 0 fully saturated rings. The fraction of sp³-hybridized carbons (Fsp3) is 0.455. The quantitative estimate of drug-likeness (QED) is 0.238. The van der Waals surface area contributed by atoms with Crippen molar-refractivity contribution in [2.75, 3.05) is 5.75 Å². The Morgan fingerprint density at radius 2 is 2.17 bits per heavy atom. The summed E-state index contributed by atoms with van der Waals surface area (Å²) in [6.45, 7) is 4.66. The topological polar surface area (TPSA) is 147 Å². The van der Waals surface area contributed by atoms with E-state index in [9.17, 15) is 14.9 Å². The minimum absolute atomic E-state index is 0.0696. The maximum absolute atomic E-state index is 11.2. The van der Waals surface area contributed by atoms with Crippen LogP contribution < -0.4 is 11.3 Å². The predicted octanol–water partition coefficient (Wildman–Crippen LogP) is 0.172. The zero-order valence-electron chi connectivity index (χ0n) is 12.6. The number of hydrazine groups is 1. The molecule has 2 heterocycles. The molecule has 23 heavy (non-hydrogen) atoms. The molecule has 12 heteroatoms. The number of hydrogen-bond donors (Lipinski definition) is 2. The van der Waals surface area contributed by atoms with Gasteiger partial charge in [0.2, 0.25) is 11.6 Å². The molecule has 124 valence electrons. The number of aryl methyl sites for hydroxylation is 1. The SMILES string of the molecule is CCn1cc([N+](=O)[O-])c(-c2nnc(SCC(=O)NN)n2CC)n1. The van der Waals surface area contributed by atoms with Crippen LogP contribution in [-0.2, 0) is 17.9 Å². The highest BCUT2D eigenvalue weighted by Gasteiger charge is 2.26. The summed E-state index contributed by atoms with van der Waals surface area (Å²) in [6.07, 6.45) is 1.36. The van der Waals surface area contributed by atoms with E-state index in [1.54, 1.807) is 4.57 Å². The first kappa shape index (κ1) is 16.9. The molecule has 0 aliphatic rings. The number of carbonyl (C=O) groups is 1. The Labute approximate surface area is 135 Å². The lowest BCUT2D eigenvalue weighted by atomic mass is 10.3. The molecule has 2 aromatic heterocycles. The third kappa shape index (κ3) is 3.48. The largest absolute Gasteiger partial charge is 0.318 e. The second kappa shape index (κ2) is 7.19. The number of rotatable bonds is 7. The van der Waals surface area contributed by atoms with Crippen LogP contribution in [0.2, 0.25) is 0 Å². The van der Waals surface area contributed by atoms with E-state index >= 15 is 0 Å². The smallest absolute Gasteiger partial charge is 0.301 e. The van der Waals surface area contributed by atoms with Gasteiger partial charge in [0.1, 0.15) is 6.20 Å². The van der Waals surface area contributed by atoms with E-state index in [1.807, 2.05) is 19.3 Å². The molecule has 0 bridgehead atoms. The molecule has 0 saturated heterocycles. The molecule has 0 spiro atoms. The first-order chi connectivity index (χ1) is 11.0. The highest BCUT2D eigenvalue weighted by atomic mass is 32.2. The predicted molar refractivity (Wildman–Crippen MR) is 82.3 cm³/mol. The zero-order chi connectivity index (χ0) is 17.0. The Morgan fingerprint density at radius 3 is 2.74 bits per heavy atom. The summed E-state index contributed by atoms with van der Waals surface area (Å²) in [7, 11) is 0. The van der Waals surface area contributed by atoms with E-state index < -0.39 is 4.92 Å². The van der Waals surface area contributed by atoms with Crippen molar-refractivity contribution in [1.82, 2.24) is 30.0 Å². The van der Waals surface area contributed by atoms with Crippen LogP contribution in [0.25, 0.3) is 11.5 Å². The molecule has 2 aromatic rings. The third-order valence-corrected chi connectivity index (χ3v) is 3.97. The van der Waals surface area contributed by atoms with Crippen LogP contribution in [0.1, 0.15) is 13.8 Å². The Bertz CT molecular complexity index is 725. The molecular formula is C11H16N8O3S. The molecule has 0 saturated carbocycles. The Kier molecular flexibility index (Phi) is 5.28. The van der Waals surface area contributed by atoms with Gasteiger partial charge in [-0.15, -0.1) is 10.2 Å². The number of amides is 1.